The van der Waals surface area contributed by atoms with E-state index in [-0.39, 0.29) is 25.9 Å². The van der Waals surface area contributed by atoms with Crippen LogP contribution in [0.4, 0.5) is 0 Å². The number of hydrogen-bond donors (Lipinski definition) is 1. The summed E-state index contributed by atoms with van der Waals surface area (Å²) >= 11 is 0. The van der Waals surface area contributed by atoms with Gasteiger partial charge in [-0.05, 0) is 54.1 Å². The molecule has 2 aliphatic rings. The van der Waals surface area contributed by atoms with Crippen LogP contribution in [0.25, 0.3) is 22.0 Å². The fraction of sp³-hybridized carbons (Fsp3) is 0.333. The standard InChI is InChI=1S/C17H14N.C10H14O2.Ir/c1-12-9-13(2)11-15(10-12)17-16-6-4-3-5-14(16)7-8-18-17;11-8-5-1-3-7-4-2-6-9(12)10(7)8;/h3-10H,1-2H3;7,11H,1-6H2;/q-1;;. The molecule has 1 aromatic heterocycles. The maximum atomic E-state index is 11.4. The van der Waals surface area contributed by atoms with E-state index in [1.165, 1.54) is 16.3 Å². The first kappa shape index (κ1) is 23.4. The average molecular weight is 591 g/mol. The van der Waals surface area contributed by atoms with Crippen LogP contribution in [0, 0.1) is 25.8 Å². The Balaban J connectivity index is 0.000000183. The van der Waals surface area contributed by atoms with Crippen LogP contribution in [0.2, 0.25) is 0 Å². The Morgan fingerprint density at radius 2 is 1.77 bits per heavy atom. The van der Waals surface area contributed by atoms with Crippen molar-refractivity contribution >= 4 is 16.6 Å². The van der Waals surface area contributed by atoms with Gasteiger partial charge in [-0.15, -0.1) is 34.9 Å². The van der Waals surface area contributed by atoms with E-state index in [0.29, 0.717) is 18.1 Å². The van der Waals surface area contributed by atoms with Crippen molar-refractivity contribution in [3.8, 4) is 11.3 Å². The number of nitrogens with zero attached hydrogens (tertiary/aromatic N) is 1. The number of rotatable bonds is 1. The molecular formula is C27H28IrNO2-. The molecule has 31 heavy (non-hydrogen) atoms. The van der Waals surface area contributed by atoms with Gasteiger partial charge in [0.25, 0.3) is 0 Å². The number of aromatic nitrogens is 1. The summed E-state index contributed by atoms with van der Waals surface area (Å²) in [6.45, 7) is 4.18. The van der Waals surface area contributed by atoms with Crippen LogP contribution in [-0.4, -0.2) is 15.9 Å². The summed E-state index contributed by atoms with van der Waals surface area (Å²) < 4.78 is 0. The molecule has 1 heterocycles. The van der Waals surface area contributed by atoms with Gasteiger partial charge in [0.2, 0.25) is 0 Å². The van der Waals surface area contributed by atoms with Crippen LogP contribution < -0.4 is 0 Å². The number of aliphatic hydroxyl groups excluding tert-OH is 1. The van der Waals surface area contributed by atoms with E-state index in [2.05, 4.69) is 61.3 Å². The summed E-state index contributed by atoms with van der Waals surface area (Å²) in [4.78, 5) is 15.9. The Labute approximate surface area is 198 Å². The summed E-state index contributed by atoms with van der Waals surface area (Å²) in [6.07, 6.45) is 7.50. The van der Waals surface area contributed by atoms with Gasteiger partial charge >= 0.3 is 0 Å². The SMILES string of the molecule is Cc1[c-]c(-c2nccc3ccccc23)cc(C)c1.O=C1CCCC2CCCC(O)=C12.[Ir]. The van der Waals surface area contributed by atoms with E-state index < -0.39 is 0 Å². The minimum absolute atomic E-state index is 0. The number of ketones is 1. The zero-order chi connectivity index (χ0) is 21.1. The summed E-state index contributed by atoms with van der Waals surface area (Å²) in [5.74, 6) is 0.972. The number of aliphatic hydroxyl groups is 1. The minimum atomic E-state index is 0. The van der Waals surface area contributed by atoms with E-state index in [1.54, 1.807) is 0 Å². The van der Waals surface area contributed by atoms with Crippen molar-refractivity contribution in [1.82, 2.24) is 4.98 Å². The zero-order valence-electron chi connectivity index (χ0n) is 18.1. The first-order chi connectivity index (χ1) is 14.5. The fourth-order valence-electron chi connectivity index (χ4n) is 4.71. The molecule has 1 saturated carbocycles. The molecule has 1 atom stereocenters. The maximum absolute atomic E-state index is 11.4. The third kappa shape index (κ3) is 5.31. The summed E-state index contributed by atoms with van der Waals surface area (Å²) in [5, 5.41) is 11.9. The van der Waals surface area contributed by atoms with Gasteiger partial charge in [-0.1, -0.05) is 38.1 Å². The van der Waals surface area contributed by atoms with Crippen molar-refractivity contribution in [2.75, 3.05) is 0 Å². The van der Waals surface area contributed by atoms with Gasteiger partial charge < -0.3 is 10.1 Å². The number of carbonyl (C=O) groups is 1. The molecule has 1 unspecified atom stereocenters. The molecular weight excluding hydrogens is 563 g/mol. The first-order valence-electron chi connectivity index (χ1n) is 10.8. The van der Waals surface area contributed by atoms with Gasteiger partial charge in [-0.2, -0.15) is 0 Å². The van der Waals surface area contributed by atoms with Gasteiger partial charge in [0, 0.05) is 44.7 Å². The Hall–Kier alpha value is -2.29. The van der Waals surface area contributed by atoms with Gasteiger partial charge in [0.15, 0.2) is 5.78 Å². The average Bonchev–Trinajstić information content (AvgIpc) is 2.73. The molecule has 3 nitrogen and oxygen atoms in total. The number of fused-ring (bicyclic) bond motifs is 2. The molecule has 1 radical (unpaired) electrons. The van der Waals surface area contributed by atoms with Gasteiger partial charge in [-0.3, -0.25) is 4.79 Å². The number of aryl methyl sites for hydroxylation is 2. The molecule has 4 heteroatoms. The zero-order valence-corrected chi connectivity index (χ0v) is 20.5. The molecule has 3 aromatic rings. The molecule has 0 spiro atoms. The molecule has 2 aliphatic carbocycles. The van der Waals surface area contributed by atoms with Crippen molar-refractivity contribution in [2.45, 2.75) is 52.4 Å². The number of Topliss-reactive ketones (excluding diaryl/α,β-unsaturated/α-hetero) is 1. The minimum Gasteiger partial charge on any atom is -0.512 e. The quantitative estimate of drug-likeness (QED) is 0.322. The summed E-state index contributed by atoms with van der Waals surface area (Å²) in [5.41, 5.74) is 5.26. The van der Waals surface area contributed by atoms with E-state index >= 15 is 0 Å². The predicted molar refractivity (Wildman–Crippen MR) is 121 cm³/mol. The third-order valence-corrected chi connectivity index (χ3v) is 6.02. The largest absolute Gasteiger partial charge is 0.512 e. The second-order valence-corrected chi connectivity index (χ2v) is 8.40. The Morgan fingerprint density at radius 3 is 2.52 bits per heavy atom. The van der Waals surface area contributed by atoms with Crippen molar-refractivity contribution < 1.29 is 30.0 Å². The van der Waals surface area contributed by atoms with Gasteiger partial charge in [0.1, 0.15) is 0 Å². The van der Waals surface area contributed by atoms with E-state index in [9.17, 15) is 9.90 Å². The predicted octanol–water partition coefficient (Wildman–Crippen LogP) is 6.67. The van der Waals surface area contributed by atoms with Crippen LogP contribution >= 0.6 is 0 Å². The number of benzene rings is 2. The third-order valence-electron chi connectivity index (χ3n) is 6.02. The normalized spacial score (nSPS) is 18.0. The van der Waals surface area contributed by atoms with Crippen LogP contribution in [-0.2, 0) is 24.9 Å². The Bertz CT molecular complexity index is 1090. The molecule has 0 amide bonds. The second-order valence-electron chi connectivity index (χ2n) is 8.40. The molecule has 0 aliphatic heterocycles. The van der Waals surface area contributed by atoms with Gasteiger partial charge in [0.05, 0.1) is 5.76 Å². The van der Waals surface area contributed by atoms with E-state index in [0.717, 1.165) is 54.5 Å². The Morgan fingerprint density at radius 1 is 1.03 bits per heavy atom. The van der Waals surface area contributed by atoms with Crippen LogP contribution in [0.1, 0.15) is 49.7 Å². The number of hydrogen-bond acceptors (Lipinski definition) is 3. The molecule has 163 valence electrons. The summed E-state index contributed by atoms with van der Waals surface area (Å²) in [7, 11) is 0. The van der Waals surface area contributed by atoms with Crippen molar-refractivity contribution in [2.24, 2.45) is 5.92 Å². The maximum Gasteiger partial charge on any atom is 0.162 e. The van der Waals surface area contributed by atoms with E-state index in [1.807, 2.05) is 12.3 Å². The Kier molecular flexibility index (Phi) is 7.80. The number of carbonyl (C=O) groups excluding carboxylic acids is 1. The smallest absolute Gasteiger partial charge is 0.162 e. The van der Waals surface area contributed by atoms with Crippen molar-refractivity contribution in [1.29, 1.82) is 0 Å². The van der Waals surface area contributed by atoms with E-state index in [4.69, 9.17) is 0 Å². The van der Waals surface area contributed by atoms with Crippen molar-refractivity contribution in [3.05, 3.63) is 77.2 Å². The summed E-state index contributed by atoms with van der Waals surface area (Å²) in [6, 6.07) is 18.0. The van der Waals surface area contributed by atoms with Crippen LogP contribution in [0.3, 0.4) is 0 Å². The molecule has 0 bridgehead atoms. The van der Waals surface area contributed by atoms with Crippen LogP contribution in [0.15, 0.2) is 60.0 Å². The molecule has 1 fully saturated rings. The molecule has 2 aromatic carbocycles. The first-order valence-corrected chi connectivity index (χ1v) is 10.8. The fourth-order valence-corrected chi connectivity index (χ4v) is 4.71. The molecule has 1 N–H and O–H groups in total. The second kappa shape index (κ2) is 10.3. The molecule has 0 saturated heterocycles. The number of pyridine rings is 1. The van der Waals surface area contributed by atoms with Crippen molar-refractivity contribution in [3.63, 3.8) is 0 Å². The monoisotopic (exact) mass is 591 g/mol. The number of allylic oxidation sites excluding steroid dienone is 2. The molecule has 5 rings (SSSR count). The van der Waals surface area contributed by atoms with Gasteiger partial charge in [-0.25, -0.2) is 0 Å². The topological polar surface area (TPSA) is 50.2 Å². The van der Waals surface area contributed by atoms with Crippen LogP contribution in [0.5, 0.6) is 0 Å².